The van der Waals surface area contributed by atoms with E-state index in [-0.39, 0.29) is 18.4 Å². The number of esters is 1. The quantitative estimate of drug-likeness (QED) is 0.552. The molecule has 0 saturated carbocycles. The molecule has 0 spiro atoms. The van der Waals surface area contributed by atoms with Crippen LogP contribution >= 0.6 is 0 Å². The van der Waals surface area contributed by atoms with Crippen molar-refractivity contribution in [1.82, 2.24) is 5.32 Å². The lowest BCUT2D eigenvalue weighted by molar-refractivity contribution is -0.146. The van der Waals surface area contributed by atoms with Gasteiger partial charge in [-0.1, -0.05) is 60.2 Å². The maximum absolute atomic E-state index is 12.9. The molecule has 0 saturated heterocycles. The molecular formula is C26H26N2O4. The van der Waals surface area contributed by atoms with Crippen molar-refractivity contribution in [2.75, 3.05) is 18.1 Å². The highest BCUT2D eigenvalue weighted by atomic mass is 16.5. The summed E-state index contributed by atoms with van der Waals surface area (Å²) < 4.78 is 5.13. The highest BCUT2D eigenvalue weighted by Crippen LogP contribution is 2.19. The van der Waals surface area contributed by atoms with Crippen molar-refractivity contribution in [3.05, 3.63) is 101 Å². The number of amides is 2. The number of aryl methyl sites for hydroxylation is 2. The van der Waals surface area contributed by atoms with Gasteiger partial charge >= 0.3 is 5.97 Å². The van der Waals surface area contributed by atoms with Crippen molar-refractivity contribution in [1.29, 1.82) is 0 Å². The molecule has 164 valence electrons. The number of anilines is 1. The highest BCUT2D eigenvalue weighted by Gasteiger charge is 2.19. The minimum Gasteiger partial charge on any atom is -0.454 e. The molecule has 0 aliphatic heterocycles. The Morgan fingerprint density at radius 3 is 2.25 bits per heavy atom. The zero-order chi connectivity index (χ0) is 22.9. The topological polar surface area (TPSA) is 75.7 Å². The van der Waals surface area contributed by atoms with E-state index in [4.69, 9.17) is 4.74 Å². The first-order valence-electron chi connectivity index (χ1n) is 10.3. The summed E-state index contributed by atoms with van der Waals surface area (Å²) in [6, 6.07) is 24.2. The van der Waals surface area contributed by atoms with Gasteiger partial charge in [-0.15, -0.1) is 0 Å². The standard InChI is InChI=1S/C26H26N2O4/c1-19-11-13-22(14-12-19)26(31)27-16-25(30)32-18-24(29)28(17-21-8-4-3-5-9-21)23-10-6-7-20(2)15-23/h3-15H,16-18H2,1-2H3,(H,27,31). The first-order chi connectivity index (χ1) is 15.4. The van der Waals surface area contributed by atoms with Gasteiger partial charge < -0.3 is 15.0 Å². The highest BCUT2D eigenvalue weighted by molar-refractivity contribution is 5.97. The van der Waals surface area contributed by atoms with E-state index in [1.807, 2.05) is 80.6 Å². The molecule has 0 aliphatic rings. The maximum Gasteiger partial charge on any atom is 0.325 e. The molecule has 0 aliphatic carbocycles. The molecule has 0 bridgehead atoms. The van der Waals surface area contributed by atoms with Gasteiger partial charge in [0, 0.05) is 11.3 Å². The van der Waals surface area contributed by atoms with Crippen molar-refractivity contribution in [3.63, 3.8) is 0 Å². The van der Waals surface area contributed by atoms with Crippen LogP contribution in [-0.2, 0) is 20.9 Å². The van der Waals surface area contributed by atoms with Gasteiger partial charge in [-0.25, -0.2) is 0 Å². The Balaban J connectivity index is 1.58. The molecule has 6 nitrogen and oxygen atoms in total. The summed E-state index contributed by atoms with van der Waals surface area (Å²) in [5.41, 5.74) is 4.19. The number of rotatable bonds is 8. The number of nitrogens with one attached hydrogen (secondary N) is 1. The molecule has 0 radical (unpaired) electrons. The maximum atomic E-state index is 12.9. The van der Waals surface area contributed by atoms with Crippen LogP contribution in [0.3, 0.4) is 0 Å². The van der Waals surface area contributed by atoms with E-state index >= 15 is 0 Å². The third-order valence-electron chi connectivity index (χ3n) is 4.86. The molecule has 0 heterocycles. The van der Waals surface area contributed by atoms with Gasteiger partial charge in [-0.3, -0.25) is 14.4 Å². The average molecular weight is 431 g/mol. The lowest BCUT2D eigenvalue weighted by atomic mass is 10.1. The Bertz CT molecular complexity index is 1080. The van der Waals surface area contributed by atoms with Crippen LogP contribution in [0.2, 0.25) is 0 Å². The molecule has 1 N–H and O–H groups in total. The largest absolute Gasteiger partial charge is 0.454 e. The van der Waals surface area contributed by atoms with Crippen molar-refractivity contribution in [2.45, 2.75) is 20.4 Å². The van der Waals surface area contributed by atoms with Crippen LogP contribution in [0.5, 0.6) is 0 Å². The summed E-state index contributed by atoms with van der Waals surface area (Å²) in [5.74, 6) is -1.40. The number of benzene rings is 3. The first kappa shape index (κ1) is 22.7. The van der Waals surface area contributed by atoms with Crippen LogP contribution in [-0.4, -0.2) is 30.9 Å². The Hall–Kier alpha value is -3.93. The summed E-state index contributed by atoms with van der Waals surface area (Å²) in [4.78, 5) is 38.7. The summed E-state index contributed by atoms with van der Waals surface area (Å²) in [5, 5.41) is 2.51. The number of carbonyl (C=O) groups is 3. The minimum atomic E-state index is -0.678. The van der Waals surface area contributed by atoms with E-state index in [2.05, 4.69) is 5.32 Å². The second-order valence-electron chi connectivity index (χ2n) is 7.51. The van der Waals surface area contributed by atoms with Gasteiger partial charge in [0.2, 0.25) is 0 Å². The molecular weight excluding hydrogens is 404 g/mol. The van der Waals surface area contributed by atoms with Gasteiger partial charge in [0.25, 0.3) is 11.8 Å². The molecule has 0 unspecified atom stereocenters. The van der Waals surface area contributed by atoms with E-state index in [0.29, 0.717) is 12.1 Å². The summed E-state index contributed by atoms with van der Waals surface area (Å²) in [7, 11) is 0. The smallest absolute Gasteiger partial charge is 0.325 e. The summed E-state index contributed by atoms with van der Waals surface area (Å²) >= 11 is 0. The Morgan fingerprint density at radius 1 is 0.844 bits per heavy atom. The third-order valence-corrected chi connectivity index (χ3v) is 4.86. The van der Waals surface area contributed by atoms with Crippen LogP contribution < -0.4 is 10.2 Å². The first-order valence-corrected chi connectivity index (χ1v) is 10.3. The number of nitrogens with zero attached hydrogens (tertiary/aromatic N) is 1. The number of hydrogen-bond donors (Lipinski definition) is 1. The monoisotopic (exact) mass is 430 g/mol. The van der Waals surface area contributed by atoms with Crippen LogP contribution in [0.1, 0.15) is 27.0 Å². The van der Waals surface area contributed by atoms with Crippen LogP contribution in [0.4, 0.5) is 5.69 Å². The van der Waals surface area contributed by atoms with E-state index in [9.17, 15) is 14.4 Å². The molecule has 0 atom stereocenters. The fourth-order valence-corrected chi connectivity index (χ4v) is 3.12. The second kappa shape index (κ2) is 10.9. The summed E-state index contributed by atoms with van der Waals surface area (Å²) in [6.45, 7) is 3.49. The molecule has 6 heteroatoms. The van der Waals surface area contributed by atoms with E-state index in [1.165, 1.54) is 0 Å². The van der Waals surface area contributed by atoms with Crippen molar-refractivity contribution >= 4 is 23.5 Å². The predicted molar refractivity (Wildman–Crippen MR) is 123 cm³/mol. The number of ether oxygens (including phenoxy) is 1. The normalized spacial score (nSPS) is 10.3. The Labute approximate surface area is 187 Å². The second-order valence-corrected chi connectivity index (χ2v) is 7.51. The summed E-state index contributed by atoms with van der Waals surface area (Å²) in [6.07, 6.45) is 0. The zero-order valence-electron chi connectivity index (χ0n) is 18.2. The number of hydrogen-bond acceptors (Lipinski definition) is 4. The molecule has 2 amide bonds. The van der Waals surface area contributed by atoms with Crippen LogP contribution in [0.15, 0.2) is 78.9 Å². The zero-order valence-corrected chi connectivity index (χ0v) is 18.2. The molecule has 3 rings (SSSR count). The van der Waals surface area contributed by atoms with Crippen molar-refractivity contribution in [3.8, 4) is 0 Å². The van der Waals surface area contributed by atoms with Crippen LogP contribution in [0.25, 0.3) is 0 Å². The fourth-order valence-electron chi connectivity index (χ4n) is 3.12. The molecule has 3 aromatic carbocycles. The van der Waals surface area contributed by atoms with Crippen LogP contribution in [0, 0.1) is 13.8 Å². The van der Waals surface area contributed by atoms with E-state index in [0.717, 1.165) is 22.4 Å². The molecule has 0 fully saturated rings. The molecule has 3 aromatic rings. The van der Waals surface area contributed by atoms with Crippen molar-refractivity contribution < 1.29 is 19.1 Å². The number of carbonyl (C=O) groups excluding carboxylic acids is 3. The predicted octanol–water partition coefficient (Wildman–Crippen LogP) is 3.81. The van der Waals surface area contributed by atoms with Gasteiger partial charge in [0.15, 0.2) is 6.61 Å². The SMILES string of the molecule is Cc1ccc(C(=O)NCC(=O)OCC(=O)N(Cc2ccccc2)c2cccc(C)c2)cc1. The Kier molecular flexibility index (Phi) is 7.75. The molecule has 32 heavy (non-hydrogen) atoms. The van der Waals surface area contributed by atoms with Gasteiger partial charge in [0.05, 0.1) is 6.54 Å². The lowest BCUT2D eigenvalue weighted by Gasteiger charge is -2.23. The lowest BCUT2D eigenvalue weighted by Crippen LogP contribution is -2.36. The average Bonchev–Trinajstić information content (AvgIpc) is 2.80. The third kappa shape index (κ3) is 6.54. The van der Waals surface area contributed by atoms with E-state index in [1.54, 1.807) is 17.0 Å². The Morgan fingerprint density at radius 2 is 1.56 bits per heavy atom. The van der Waals surface area contributed by atoms with Crippen molar-refractivity contribution in [2.24, 2.45) is 0 Å². The fraction of sp³-hybridized carbons (Fsp3) is 0.192. The molecule has 0 aromatic heterocycles. The minimum absolute atomic E-state index is 0.316. The van der Waals surface area contributed by atoms with Gasteiger partial charge in [-0.05, 0) is 49.2 Å². The van der Waals surface area contributed by atoms with E-state index < -0.39 is 12.6 Å². The van der Waals surface area contributed by atoms with Gasteiger partial charge in [0.1, 0.15) is 6.54 Å². The van der Waals surface area contributed by atoms with Gasteiger partial charge in [-0.2, -0.15) is 0 Å².